The van der Waals surface area contributed by atoms with Crippen molar-refractivity contribution in [2.24, 2.45) is 11.8 Å². The summed E-state index contributed by atoms with van der Waals surface area (Å²) in [7, 11) is -3.09. The SMILES string of the molecule is CC1CCNCC1NS(=O)(=O)CC1CCCC1. The Morgan fingerprint density at radius 1 is 1.24 bits per heavy atom. The van der Waals surface area contributed by atoms with Crippen molar-refractivity contribution >= 4 is 10.0 Å². The molecule has 0 bridgehead atoms. The van der Waals surface area contributed by atoms with Crippen LogP contribution in [0.5, 0.6) is 0 Å². The highest BCUT2D eigenvalue weighted by atomic mass is 32.2. The van der Waals surface area contributed by atoms with Crippen LogP contribution in [-0.2, 0) is 10.0 Å². The molecule has 1 saturated heterocycles. The summed E-state index contributed by atoms with van der Waals surface area (Å²) in [5, 5.41) is 3.25. The van der Waals surface area contributed by atoms with Crippen molar-refractivity contribution in [1.82, 2.24) is 10.0 Å². The molecule has 2 unspecified atom stereocenters. The molecule has 0 spiro atoms. The van der Waals surface area contributed by atoms with Crippen molar-refractivity contribution in [1.29, 1.82) is 0 Å². The molecule has 0 aromatic rings. The molecule has 0 radical (unpaired) electrons. The van der Waals surface area contributed by atoms with Crippen LogP contribution in [-0.4, -0.2) is 33.3 Å². The highest BCUT2D eigenvalue weighted by Gasteiger charge is 2.28. The van der Waals surface area contributed by atoms with E-state index in [9.17, 15) is 8.42 Å². The van der Waals surface area contributed by atoms with Crippen molar-refractivity contribution in [3.8, 4) is 0 Å². The Kier molecular flexibility index (Phi) is 4.44. The molecule has 2 N–H and O–H groups in total. The van der Waals surface area contributed by atoms with Crippen LogP contribution in [0.15, 0.2) is 0 Å². The average molecular weight is 260 g/mol. The third-order valence-corrected chi connectivity index (χ3v) is 5.66. The van der Waals surface area contributed by atoms with E-state index in [1.807, 2.05) is 0 Å². The summed E-state index contributed by atoms with van der Waals surface area (Å²) in [5.74, 6) is 1.16. The molecule has 0 aromatic carbocycles. The van der Waals surface area contributed by atoms with E-state index >= 15 is 0 Å². The zero-order valence-electron chi connectivity index (χ0n) is 10.6. The summed E-state index contributed by atoms with van der Waals surface area (Å²) in [4.78, 5) is 0. The maximum atomic E-state index is 12.1. The van der Waals surface area contributed by atoms with E-state index < -0.39 is 10.0 Å². The predicted molar refractivity (Wildman–Crippen MR) is 69.3 cm³/mol. The summed E-state index contributed by atoms with van der Waals surface area (Å²) >= 11 is 0. The lowest BCUT2D eigenvalue weighted by molar-refractivity contribution is 0.326. The van der Waals surface area contributed by atoms with E-state index in [-0.39, 0.29) is 6.04 Å². The van der Waals surface area contributed by atoms with Crippen molar-refractivity contribution < 1.29 is 8.42 Å². The van der Waals surface area contributed by atoms with Gasteiger partial charge in [0.1, 0.15) is 0 Å². The lowest BCUT2D eigenvalue weighted by atomic mass is 9.96. The molecule has 0 amide bonds. The second-order valence-electron chi connectivity index (χ2n) is 5.63. The zero-order valence-corrected chi connectivity index (χ0v) is 11.4. The third kappa shape index (κ3) is 3.93. The lowest BCUT2D eigenvalue weighted by Crippen LogP contribution is -2.51. The smallest absolute Gasteiger partial charge is 0.212 e. The number of rotatable bonds is 4. The normalized spacial score (nSPS) is 31.8. The molecular weight excluding hydrogens is 236 g/mol. The Morgan fingerprint density at radius 2 is 1.94 bits per heavy atom. The van der Waals surface area contributed by atoms with E-state index in [2.05, 4.69) is 17.0 Å². The van der Waals surface area contributed by atoms with Gasteiger partial charge in [-0.05, 0) is 37.6 Å². The van der Waals surface area contributed by atoms with E-state index in [0.717, 1.165) is 32.4 Å². The molecule has 2 fully saturated rings. The van der Waals surface area contributed by atoms with E-state index in [4.69, 9.17) is 0 Å². The molecule has 1 aliphatic carbocycles. The summed E-state index contributed by atoms with van der Waals surface area (Å²) in [6.45, 7) is 3.90. The average Bonchev–Trinajstić information content (AvgIpc) is 2.73. The molecule has 100 valence electrons. The van der Waals surface area contributed by atoms with Crippen LogP contribution in [0.4, 0.5) is 0 Å². The minimum Gasteiger partial charge on any atom is -0.315 e. The molecule has 5 heteroatoms. The van der Waals surface area contributed by atoms with Gasteiger partial charge in [-0.2, -0.15) is 0 Å². The van der Waals surface area contributed by atoms with Crippen LogP contribution in [0, 0.1) is 11.8 Å². The van der Waals surface area contributed by atoms with Crippen molar-refractivity contribution in [3.05, 3.63) is 0 Å². The minimum atomic E-state index is -3.09. The molecular formula is C12H24N2O2S. The zero-order chi connectivity index (χ0) is 12.3. The van der Waals surface area contributed by atoms with Crippen molar-refractivity contribution in [3.63, 3.8) is 0 Å². The van der Waals surface area contributed by atoms with Gasteiger partial charge in [0.05, 0.1) is 5.75 Å². The maximum Gasteiger partial charge on any atom is 0.212 e. The van der Waals surface area contributed by atoms with Crippen LogP contribution >= 0.6 is 0 Å². The lowest BCUT2D eigenvalue weighted by Gasteiger charge is -2.30. The Labute approximate surface area is 105 Å². The first-order valence-electron chi connectivity index (χ1n) is 6.77. The Bertz CT molecular complexity index is 336. The summed E-state index contributed by atoms with van der Waals surface area (Å²) in [5.41, 5.74) is 0. The largest absolute Gasteiger partial charge is 0.315 e. The third-order valence-electron chi connectivity index (χ3n) is 4.09. The van der Waals surface area contributed by atoms with Gasteiger partial charge in [-0.15, -0.1) is 0 Å². The first-order valence-corrected chi connectivity index (χ1v) is 8.43. The molecule has 1 heterocycles. The fourth-order valence-electron chi connectivity index (χ4n) is 2.91. The van der Waals surface area contributed by atoms with Crippen molar-refractivity contribution in [2.45, 2.75) is 45.1 Å². The van der Waals surface area contributed by atoms with Crippen molar-refractivity contribution in [2.75, 3.05) is 18.8 Å². The van der Waals surface area contributed by atoms with Gasteiger partial charge in [-0.25, -0.2) is 13.1 Å². The molecule has 1 aliphatic heterocycles. The fraction of sp³-hybridized carbons (Fsp3) is 1.00. The van der Waals surface area contributed by atoms with Gasteiger partial charge in [-0.3, -0.25) is 0 Å². The van der Waals surface area contributed by atoms with Gasteiger partial charge in [-0.1, -0.05) is 19.8 Å². The Morgan fingerprint density at radius 3 is 2.59 bits per heavy atom. The molecule has 2 atom stereocenters. The van der Waals surface area contributed by atoms with Crippen LogP contribution in [0.1, 0.15) is 39.0 Å². The number of hydrogen-bond donors (Lipinski definition) is 2. The van der Waals surface area contributed by atoms with Crippen LogP contribution < -0.4 is 10.0 Å². The van der Waals surface area contributed by atoms with E-state index in [1.165, 1.54) is 12.8 Å². The van der Waals surface area contributed by atoms with Crippen LogP contribution in [0.3, 0.4) is 0 Å². The predicted octanol–water partition coefficient (Wildman–Crippen LogP) is 1.09. The van der Waals surface area contributed by atoms with Gasteiger partial charge >= 0.3 is 0 Å². The molecule has 17 heavy (non-hydrogen) atoms. The van der Waals surface area contributed by atoms with Gasteiger partial charge in [0.2, 0.25) is 10.0 Å². The minimum absolute atomic E-state index is 0.0788. The topological polar surface area (TPSA) is 58.2 Å². The summed E-state index contributed by atoms with van der Waals surface area (Å²) in [6.07, 6.45) is 5.61. The molecule has 4 nitrogen and oxygen atoms in total. The quantitative estimate of drug-likeness (QED) is 0.795. The number of hydrogen-bond acceptors (Lipinski definition) is 3. The number of nitrogens with one attached hydrogen (secondary N) is 2. The van der Waals surface area contributed by atoms with Crippen LogP contribution in [0.25, 0.3) is 0 Å². The first kappa shape index (κ1) is 13.3. The van der Waals surface area contributed by atoms with Gasteiger partial charge in [0.15, 0.2) is 0 Å². The molecule has 1 saturated carbocycles. The summed E-state index contributed by atoms with van der Waals surface area (Å²) < 4.78 is 27.0. The fourth-order valence-corrected chi connectivity index (χ4v) is 4.74. The Hall–Kier alpha value is -0.130. The van der Waals surface area contributed by atoms with E-state index in [1.54, 1.807) is 0 Å². The standard InChI is InChI=1S/C12H24N2O2S/c1-10-6-7-13-8-12(10)14-17(15,16)9-11-4-2-3-5-11/h10-14H,2-9H2,1H3. The Balaban J connectivity index is 1.87. The second-order valence-corrected chi connectivity index (χ2v) is 7.42. The molecule has 2 rings (SSSR count). The molecule has 2 aliphatic rings. The van der Waals surface area contributed by atoms with Gasteiger partial charge in [0.25, 0.3) is 0 Å². The number of piperidine rings is 1. The first-order chi connectivity index (χ1) is 8.07. The highest BCUT2D eigenvalue weighted by Crippen LogP contribution is 2.26. The highest BCUT2D eigenvalue weighted by molar-refractivity contribution is 7.89. The van der Waals surface area contributed by atoms with Crippen LogP contribution in [0.2, 0.25) is 0 Å². The van der Waals surface area contributed by atoms with Gasteiger partial charge in [0, 0.05) is 12.6 Å². The van der Waals surface area contributed by atoms with E-state index in [0.29, 0.717) is 17.6 Å². The number of sulfonamides is 1. The summed E-state index contributed by atoms with van der Waals surface area (Å²) in [6, 6.07) is 0.0788. The van der Waals surface area contributed by atoms with Gasteiger partial charge < -0.3 is 5.32 Å². The molecule has 0 aromatic heterocycles. The monoisotopic (exact) mass is 260 g/mol. The maximum absolute atomic E-state index is 12.1. The second kappa shape index (κ2) is 5.67.